The number of para-hydroxylation sites is 1. The van der Waals surface area contributed by atoms with Crippen LogP contribution in [0, 0.1) is 6.92 Å². The Balaban J connectivity index is 1.56. The van der Waals surface area contributed by atoms with Gasteiger partial charge in [-0.15, -0.1) is 5.10 Å². The van der Waals surface area contributed by atoms with Gasteiger partial charge in [0.1, 0.15) is 23.6 Å². The molecule has 0 fully saturated rings. The summed E-state index contributed by atoms with van der Waals surface area (Å²) in [5.74, 6) is 1.15. The highest BCUT2D eigenvalue weighted by Gasteiger charge is 2.36. The van der Waals surface area contributed by atoms with Gasteiger partial charge < -0.3 is 23.9 Å². The molecular formula is C25H25N5O6. The van der Waals surface area contributed by atoms with Gasteiger partial charge in [-0.1, -0.05) is 17.3 Å². The summed E-state index contributed by atoms with van der Waals surface area (Å²) < 4.78 is 23.4. The largest absolute Gasteiger partial charge is 0.464 e. The first kappa shape index (κ1) is 23.4. The van der Waals surface area contributed by atoms with E-state index in [1.165, 1.54) is 9.58 Å². The van der Waals surface area contributed by atoms with E-state index in [-0.39, 0.29) is 19.9 Å². The lowest BCUT2D eigenvalue weighted by atomic mass is 10.1. The van der Waals surface area contributed by atoms with E-state index in [1.807, 2.05) is 24.3 Å². The minimum absolute atomic E-state index is 0.0794. The van der Waals surface area contributed by atoms with Crippen molar-refractivity contribution in [3.8, 4) is 11.5 Å². The van der Waals surface area contributed by atoms with Crippen LogP contribution in [-0.4, -0.2) is 53.9 Å². The normalized spacial score (nSPS) is 13.1. The van der Waals surface area contributed by atoms with E-state index < -0.39 is 17.9 Å². The summed E-state index contributed by atoms with van der Waals surface area (Å²) in [6, 6.07) is 14.8. The molecule has 186 valence electrons. The lowest BCUT2D eigenvalue weighted by molar-refractivity contribution is -0.127. The molecule has 11 nitrogen and oxygen atoms in total. The topological polar surface area (TPSA) is 121 Å². The number of nitrogens with one attached hydrogen (secondary N) is 1. The van der Waals surface area contributed by atoms with Crippen LogP contribution in [0.15, 0.2) is 59.0 Å². The highest BCUT2D eigenvalue weighted by molar-refractivity contribution is 6.01. The summed E-state index contributed by atoms with van der Waals surface area (Å²) in [4.78, 5) is 28.8. The lowest BCUT2D eigenvalue weighted by Crippen LogP contribution is -2.45. The molecule has 5 rings (SSSR count). The number of carbonyl (C=O) groups excluding carboxylic acids is 2. The molecule has 1 aliphatic rings. The first-order valence-corrected chi connectivity index (χ1v) is 11.4. The van der Waals surface area contributed by atoms with Crippen LogP contribution >= 0.6 is 0 Å². The van der Waals surface area contributed by atoms with Crippen LogP contribution in [0.3, 0.4) is 0 Å². The molecule has 4 aromatic rings. The predicted molar refractivity (Wildman–Crippen MR) is 129 cm³/mol. The molecule has 1 atom stereocenters. The van der Waals surface area contributed by atoms with Crippen molar-refractivity contribution in [3.05, 3.63) is 66.1 Å². The molecule has 1 unspecified atom stereocenters. The average molecular weight is 492 g/mol. The molecule has 1 aliphatic heterocycles. The van der Waals surface area contributed by atoms with Gasteiger partial charge in [0.15, 0.2) is 17.5 Å². The Kier molecular flexibility index (Phi) is 6.54. The number of aryl methyl sites for hydroxylation is 1. The Morgan fingerprint density at radius 3 is 2.78 bits per heavy atom. The van der Waals surface area contributed by atoms with Gasteiger partial charge in [0.2, 0.25) is 12.7 Å². The number of anilines is 1. The SMILES string of the molecule is COCCNC(=O)C(c1ccc(C)o1)N(C(=O)Cn1nnc2ccccc21)c1ccc2c(c1)OCO2. The number of ether oxygens (including phenoxy) is 3. The standard InChI is InChI=1S/C25H25N5O6/c1-16-7-9-21(36-16)24(25(32)26-11-12-33-2)30(17-8-10-20-22(13-17)35-15-34-20)23(31)14-29-19-6-4-3-5-18(19)27-28-29/h3-10,13,24H,11-12,14-15H2,1-2H3,(H,26,32). The Morgan fingerprint density at radius 2 is 1.97 bits per heavy atom. The van der Waals surface area contributed by atoms with Gasteiger partial charge in [-0.2, -0.15) is 0 Å². The second-order valence-electron chi connectivity index (χ2n) is 8.17. The molecule has 0 bridgehead atoms. The number of rotatable bonds is 9. The van der Waals surface area contributed by atoms with Crippen molar-refractivity contribution in [1.82, 2.24) is 20.3 Å². The van der Waals surface area contributed by atoms with Gasteiger partial charge in [0, 0.05) is 25.4 Å². The maximum Gasteiger partial charge on any atom is 0.251 e. The summed E-state index contributed by atoms with van der Waals surface area (Å²) >= 11 is 0. The molecule has 2 amide bonds. The third-order valence-electron chi connectivity index (χ3n) is 5.75. The number of hydrogen-bond donors (Lipinski definition) is 1. The van der Waals surface area contributed by atoms with Gasteiger partial charge in [0.05, 0.1) is 12.1 Å². The van der Waals surface area contributed by atoms with E-state index in [9.17, 15) is 9.59 Å². The molecular weight excluding hydrogens is 466 g/mol. The van der Waals surface area contributed by atoms with E-state index in [2.05, 4.69) is 15.6 Å². The number of furan rings is 1. The monoisotopic (exact) mass is 491 g/mol. The molecule has 2 aromatic heterocycles. The Morgan fingerprint density at radius 1 is 1.14 bits per heavy atom. The van der Waals surface area contributed by atoms with E-state index >= 15 is 0 Å². The van der Waals surface area contributed by atoms with Crippen molar-refractivity contribution < 1.29 is 28.2 Å². The third-order valence-corrected chi connectivity index (χ3v) is 5.75. The van der Waals surface area contributed by atoms with Crippen molar-refractivity contribution in [1.29, 1.82) is 0 Å². The van der Waals surface area contributed by atoms with Crippen LogP contribution in [0.4, 0.5) is 5.69 Å². The van der Waals surface area contributed by atoms with Crippen LogP contribution in [0.1, 0.15) is 17.6 Å². The Labute approximate surface area is 206 Å². The molecule has 1 N–H and O–H groups in total. The van der Waals surface area contributed by atoms with Crippen LogP contribution in [0.2, 0.25) is 0 Å². The van der Waals surface area contributed by atoms with Crippen molar-refractivity contribution >= 4 is 28.5 Å². The molecule has 0 radical (unpaired) electrons. The first-order valence-electron chi connectivity index (χ1n) is 11.4. The molecule has 2 aromatic carbocycles. The number of nitrogens with zero attached hydrogens (tertiary/aromatic N) is 4. The maximum absolute atomic E-state index is 13.9. The number of methoxy groups -OCH3 is 1. The van der Waals surface area contributed by atoms with E-state index in [1.54, 1.807) is 44.4 Å². The quantitative estimate of drug-likeness (QED) is 0.355. The number of fused-ring (bicyclic) bond motifs is 2. The maximum atomic E-state index is 13.9. The second kappa shape index (κ2) is 10.1. The minimum Gasteiger partial charge on any atom is -0.464 e. The Hall–Kier alpha value is -4.38. The summed E-state index contributed by atoms with van der Waals surface area (Å²) in [5.41, 5.74) is 1.80. The van der Waals surface area contributed by atoms with Crippen LogP contribution in [0.25, 0.3) is 11.0 Å². The van der Waals surface area contributed by atoms with E-state index in [0.717, 1.165) is 0 Å². The number of hydrogen-bond acceptors (Lipinski definition) is 8. The zero-order chi connectivity index (χ0) is 25.1. The van der Waals surface area contributed by atoms with Crippen molar-refractivity contribution in [3.63, 3.8) is 0 Å². The summed E-state index contributed by atoms with van der Waals surface area (Å²) in [6.07, 6.45) is 0. The molecule has 0 spiro atoms. The first-order chi connectivity index (χ1) is 17.5. The van der Waals surface area contributed by atoms with Gasteiger partial charge in [0.25, 0.3) is 5.91 Å². The van der Waals surface area contributed by atoms with Gasteiger partial charge >= 0.3 is 0 Å². The molecule has 0 saturated carbocycles. The average Bonchev–Trinajstić information content (AvgIpc) is 3.62. The van der Waals surface area contributed by atoms with Crippen molar-refractivity contribution in [2.45, 2.75) is 19.5 Å². The molecule has 36 heavy (non-hydrogen) atoms. The highest BCUT2D eigenvalue weighted by Crippen LogP contribution is 2.38. The van der Waals surface area contributed by atoms with Gasteiger partial charge in [-0.05, 0) is 43.3 Å². The summed E-state index contributed by atoms with van der Waals surface area (Å²) in [6.45, 7) is 2.28. The smallest absolute Gasteiger partial charge is 0.251 e. The zero-order valence-electron chi connectivity index (χ0n) is 19.8. The van der Waals surface area contributed by atoms with Gasteiger partial charge in [-0.25, -0.2) is 4.68 Å². The van der Waals surface area contributed by atoms with Gasteiger partial charge in [-0.3, -0.25) is 14.5 Å². The number of amides is 2. The summed E-state index contributed by atoms with van der Waals surface area (Å²) in [5, 5.41) is 11.1. The fourth-order valence-corrected chi connectivity index (χ4v) is 4.06. The fourth-order valence-electron chi connectivity index (χ4n) is 4.06. The second-order valence-corrected chi connectivity index (χ2v) is 8.17. The molecule has 3 heterocycles. The predicted octanol–water partition coefficient (Wildman–Crippen LogP) is 2.60. The zero-order valence-corrected chi connectivity index (χ0v) is 19.8. The number of benzene rings is 2. The van der Waals surface area contributed by atoms with E-state index in [4.69, 9.17) is 18.6 Å². The van der Waals surface area contributed by atoms with Crippen LogP contribution in [-0.2, 0) is 20.9 Å². The Bertz CT molecular complexity index is 1400. The molecule has 0 aliphatic carbocycles. The number of aromatic nitrogens is 3. The highest BCUT2D eigenvalue weighted by atomic mass is 16.7. The fraction of sp³-hybridized carbons (Fsp3) is 0.280. The number of carbonyl (C=O) groups is 2. The third kappa shape index (κ3) is 4.60. The van der Waals surface area contributed by atoms with Crippen LogP contribution in [0.5, 0.6) is 11.5 Å². The van der Waals surface area contributed by atoms with Crippen molar-refractivity contribution in [2.75, 3.05) is 32.0 Å². The minimum atomic E-state index is -1.10. The summed E-state index contributed by atoms with van der Waals surface area (Å²) in [7, 11) is 1.55. The van der Waals surface area contributed by atoms with Crippen molar-refractivity contribution in [2.24, 2.45) is 0 Å². The molecule has 0 saturated heterocycles. The van der Waals surface area contributed by atoms with E-state index in [0.29, 0.717) is 46.3 Å². The molecule has 11 heteroatoms. The van der Waals surface area contributed by atoms with Crippen LogP contribution < -0.4 is 19.7 Å². The lowest BCUT2D eigenvalue weighted by Gasteiger charge is -2.30.